The molecule has 2 aromatic rings. The van der Waals surface area contributed by atoms with Crippen molar-refractivity contribution in [1.29, 1.82) is 0 Å². The Morgan fingerprint density at radius 3 is 2.44 bits per heavy atom. The standard InChI is InChI=1S/C13H17F3N4O2.C7H7F.C2H5NO/c1-17-11-5-8(3-4-18-11)9(7-22-2)20-6-10(13(14,15)16)19-12(20)21;1-6-4-2-3-5-7(6)8;3-1-2-4/h3-5,9-10H,6-7H2,1-2H3,(H,17,18)(H,19,21);2-5H,1H3;2H,1,3H2. The fourth-order valence-corrected chi connectivity index (χ4v) is 2.88. The van der Waals surface area contributed by atoms with Crippen LogP contribution in [0, 0.1) is 12.7 Å². The molecule has 34 heavy (non-hydrogen) atoms. The van der Waals surface area contributed by atoms with E-state index in [1.807, 2.05) is 11.4 Å². The summed E-state index contributed by atoms with van der Waals surface area (Å²) in [5.74, 6) is 0.429. The van der Waals surface area contributed by atoms with E-state index in [1.165, 1.54) is 19.4 Å². The van der Waals surface area contributed by atoms with Crippen molar-refractivity contribution in [3.05, 3.63) is 59.5 Å². The van der Waals surface area contributed by atoms with Crippen molar-refractivity contribution in [2.45, 2.75) is 25.2 Å². The van der Waals surface area contributed by atoms with E-state index in [0.717, 1.165) is 4.90 Å². The Bertz CT molecular complexity index is 893. The van der Waals surface area contributed by atoms with E-state index in [4.69, 9.17) is 9.53 Å². The van der Waals surface area contributed by atoms with Gasteiger partial charge in [-0.25, -0.2) is 14.2 Å². The molecule has 2 atom stereocenters. The summed E-state index contributed by atoms with van der Waals surface area (Å²) in [6.45, 7) is 1.52. The molecule has 12 heteroatoms. The van der Waals surface area contributed by atoms with Crippen molar-refractivity contribution in [2.75, 3.05) is 39.2 Å². The number of hydrogen-bond donors (Lipinski definition) is 3. The van der Waals surface area contributed by atoms with Gasteiger partial charge in [0.25, 0.3) is 0 Å². The predicted octanol–water partition coefficient (Wildman–Crippen LogP) is 3.05. The number of aryl methyl sites for hydroxylation is 1. The van der Waals surface area contributed by atoms with Gasteiger partial charge in [0.2, 0.25) is 0 Å². The van der Waals surface area contributed by atoms with Crippen LogP contribution in [0.15, 0.2) is 42.6 Å². The first-order valence-electron chi connectivity index (χ1n) is 10.2. The summed E-state index contributed by atoms with van der Waals surface area (Å²) in [6.07, 6.45) is -2.30. The van der Waals surface area contributed by atoms with Crippen LogP contribution in [-0.2, 0) is 9.53 Å². The van der Waals surface area contributed by atoms with Crippen molar-refractivity contribution in [2.24, 2.45) is 5.73 Å². The van der Waals surface area contributed by atoms with Gasteiger partial charge in [0.15, 0.2) is 0 Å². The number of rotatable bonds is 6. The molecule has 0 bridgehead atoms. The molecule has 1 aliphatic rings. The number of nitrogens with two attached hydrogens (primary N) is 1. The number of aldehydes is 1. The molecule has 2 unspecified atom stereocenters. The first-order chi connectivity index (χ1) is 16.1. The number of nitrogens with one attached hydrogen (secondary N) is 2. The van der Waals surface area contributed by atoms with Gasteiger partial charge in [0.05, 0.1) is 19.2 Å². The molecule has 1 fully saturated rings. The maximum absolute atomic E-state index is 12.8. The van der Waals surface area contributed by atoms with Gasteiger partial charge in [-0.05, 0) is 36.2 Å². The fraction of sp³-hybridized carbons (Fsp3) is 0.409. The van der Waals surface area contributed by atoms with Crippen LogP contribution in [0.4, 0.5) is 28.2 Å². The molecule has 3 rings (SSSR count). The van der Waals surface area contributed by atoms with Gasteiger partial charge in [-0.3, -0.25) is 0 Å². The number of halogens is 4. The SMILES string of the molecule is CNc1cc(C(COC)N2CC(C(F)(F)F)NC2=O)ccn1.Cc1ccccc1F.NCC=O. The van der Waals surface area contributed by atoms with Crippen LogP contribution in [0.2, 0.25) is 0 Å². The molecule has 1 aromatic carbocycles. The zero-order valence-corrected chi connectivity index (χ0v) is 19.1. The number of anilines is 1. The highest BCUT2D eigenvalue weighted by molar-refractivity contribution is 5.77. The maximum Gasteiger partial charge on any atom is 0.410 e. The molecule has 188 valence electrons. The summed E-state index contributed by atoms with van der Waals surface area (Å²) in [5.41, 5.74) is 6.01. The minimum Gasteiger partial charge on any atom is -0.382 e. The molecular weight excluding hydrogens is 458 g/mol. The number of alkyl halides is 3. The molecule has 0 spiro atoms. The molecule has 0 aliphatic carbocycles. The highest BCUT2D eigenvalue weighted by Gasteiger charge is 2.48. The van der Waals surface area contributed by atoms with Crippen molar-refractivity contribution in [3.8, 4) is 0 Å². The van der Waals surface area contributed by atoms with Crippen molar-refractivity contribution < 1.29 is 31.9 Å². The van der Waals surface area contributed by atoms with E-state index in [9.17, 15) is 22.4 Å². The fourth-order valence-electron chi connectivity index (χ4n) is 2.88. The number of urea groups is 1. The minimum atomic E-state index is -4.48. The zero-order chi connectivity index (χ0) is 25.7. The third-order valence-electron chi connectivity index (χ3n) is 4.63. The lowest BCUT2D eigenvalue weighted by molar-refractivity contribution is -0.150. The summed E-state index contributed by atoms with van der Waals surface area (Å²) in [7, 11) is 3.11. The zero-order valence-electron chi connectivity index (χ0n) is 19.1. The van der Waals surface area contributed by atoms with E-state index in [1.54, 1.807) is 38.2 Å². The van der Waals surface area contributed by atoms with Gasteiger partial charge in [0.1, 0.15) is 24.0 Å². The van der Waals surface area contributed by atoms with E-state index in [0.29, 0.717) is 23.2 Å². The molecule has 8 nitrogen and oxygen atoms in total. The van der Waals surface area contributed by atoms with E-state index in [-0.39, 0.29) is 19.0 Å². The monoisotopic (exact) mass is 487 g/mol. The summed E-state index contributed by atoms with van der Waals surface area (Å²) in [5, 5.41) is 4.80. The van der Waals surface area contributed by atoms with Crippen LogP contribution in [0.1, 0.15) is 17.2 Å². The van der Waals surface area contributed by atoms with Crippen LogP contribution >= 0.6 is 0 Å². The Hall–Kier alpha value is -3.25. The first-order valence-corrected chi connectivity index (χ1v) is 10.2. The summed E-state index contributed by atoms with van der Waals surface area (Å²) in [4.78, 5) is 26.1. The van der Waals surface area contributed by atoms with Crippen LogP contribution in [0.3, 0.4) is 0 Å². The number of methoxy groups -OCH3 is 1. The Kier molecular flexibility index (Phi) is 11.9. The quantitative estimate of drug-likeness (QED) is 0.427. The normalized spacial score (nSPS) is 15.8. The van der Waals surface area contributed by atoms with Crippen LogP contribution in [0.25, 0.3) is 0 Å². The molecule has 4 N–H and O–H groups in total. The first kappa shape index (κ1) is 28.8. The predicted molar refractivity (Wildman–Crippen MR) is 120 cm³/mol. The number of nitrogens with zero attached hydrogens (tertiary/aromatic N) is 2. The largest absolute Gasteiger partial charge is 0.410 e. The average molecular weight is 487 g/mol. The summed E-state index contributed by atoms with van der Waals surface area (Å²) in [6, 6.07) is 6.78. The van der Waals surface area contributed by atoms with Gasteiger partial charge in [-0.15, -0.1) is 0 Å². The molecule has 1 aliphatic heterocycles. The molecule has 0 radical (unpaired) electrons. The smallest absolute Gasteiger partial charge is 0.382 e. The number of aromatic nitrogens is 1. The van der Waals surface area contributed by atoms with Crippen molar-refractivity contribution in [1.82, 2.24) is 15.2 Å². The number of pyridine rings is 1. The highest BCUT2D eigenvalue weighted by Crippen LogP contribution is 2.30. The molecule has 0 saturated carbocycles. The Morgan fingerprint density at radius 1 is 1.35 bits per heavy atom. The van der Waals surface area contributed by atoms with Gasteiger partial charge >= 0.3 is 12.2 Å². The Balaban J connectivity index is 0.000000395. The lowest BCUT2D eigenvalue weighted by Crippen LogP contribution is -2.40. The average Bonchev–Trinajstić information content (AvgIpc) is 3.22. The molecular formula is C22H29F4N5O3. The van der Waals surface area contributed by atoms with E-state index >= 15 is 0 Å². The molecule has 2 amide bonds. The Labute approximate surface area is 195 Å². The van der Waals surface area contributed by atoms with Gasteiger partial charge < -0.3 is 30.8 Å². The maximum atomic E-state index is 12.8. The second-order valence-corrected chi connectivity index (χ2v) is 7.04. The van der Waals surface area contributed by atoms with Crippen molar-refractivity contribution in [3.63, 3.8) is 0 Å². The Morgan fingerprint density at radius 2 is 2.00 bits per heavy atom. The number of hydrogen-bond acceptors (Lipinski definition) is 6. The van der Waals surface area contributed by atoms with Crippen LogP contribution in [-0.4, -0.2) is 68.3 Å². The second-order valence-electron chi connectivity index (χ2n) is 7.04. The molecule has 2 heterocycles. The third-order valence-corrected chi connectivity index (χ3v) is 4.63. The topological polar surface area (TPSA) is 110 Å². The lowest BCUT2D eigenvalue weighted by atomic mass is 10.1. The van der Waals surface area contributed by atoms with E-state index in [2.05, 4.69) is 16.0 Å². The second kappa shape index (κ2) is 14.1. The molecule has 1 aromatic heterocycles. The van der Waals surface area contributed by atoms with Crippen LogP contribution in [0.5, 0.6) is 0 Å². The van der Waals surface area contributed by atoms with Gasteiger partial charge in [-0.1, -0.05) is 18.2 Å². The summed E-state index contributed by atoms with van der Waals surface area (Å²) < 4.78 is 55.7. The number of amides is 2. The highest BCUT2D eigenvalue weighted by atomic mass is 19.4. The van der Waals surface area contributed by atoms with Gasteiger partial charge in [-0.2, -0.15) is 13.2 Å². The summed E-state index contributed by atoms with van der Waals surface area (Å²) >= 11 is 0. The number of ether oxygens (including phenoxy) is 1. The number of carbonyl (C=O) groups is 2. The van der Waals surface area contributed by atoms with Gasteiger partial charge in [0, 0.05) is 26.9 Å². The number of benzene rings is 1. The minimum absolute atomic E-state index is 0.0885. The third kappa shape index (κ3) is 8.94. The van der Waals surface area contributed by atoms with Crippen LogP contribution < -0.4 is 16.4 Å². The van der Waals surface area contributed by atoms with E-state index < -0.39 is 30.8 Å². The molecule has 1 saturated heterocycles. The van der Waals surface area contributed by atoms with Crippen molar-refractivity contribution >= 4 is 18.1 Å². The lowest BCUT2D eigenvalue weighted by Gasteiger charge is -2.27. The number of carbonyl (C=O) groups excluding carboxylic acids is 2.